The third-order valence-corrected chi connectivity index (χ3v) is 3.60. The lowest BCUT2D eigenvalue weighted by atomic mass is 9.84. The van der Waals surface area contributed by atoms with Crippen LogP contribution in [0.5, 0.6) is 11.5 Å². The van der Waals surface area contributed by atoms with Crippen LogP contribution in [0, 0.1) is 0 Å². The highest BCUT2D eigenvalue weighted by molar-refractivity contribution is 5.85. The first-order valence-electron chi connectivity index (χ1n) is 7.17. The van der Waals surface area contributed by atoms with Crippen LogP contribution in [0.15, 0.2) is 18.2 Å². The van der Waals surface area contributed by atoms with Crippen LogP contribution in [-0.2, 0) is 10.2 Å². The second-order valence-corrected chi connectivity index (χ2v) is 6.65. The van der Waals surface area contributed by atoms with Gasteiger partial charge in [0.2, 0.25) is 5.91 Å². The largest absolute Gasteiger partial charge is 0.486 e. The quantitative estimate of drug-likeness (QED) is 0.884. The van der Waals surface area contributed by atoms with Gasteiger partial charge in [0.1, 0.15) is 13.2 Å². The molecule has 1 aromatic rings. The zero-order valence-corrected chi connectivity index (χ0v) is 13.2. The first-order chi connectivity index (χ1) is 9.70. The van der Waals surface area contributed by atoms with Gasteiger partial charge in [-0.05, 0) is 31.5 Å². The highest BCUT2D eigenvalue weighted by Gasteiger charge is 2.27. The molecule has 0 saturated carbocycles. The van der Waals surface area contributed by atoms with Gasteiger partial charge in [-0.25, -0.2) is 0 Å². The van der Waals surface area contributed by atoms with Crippen LogP contribution in [0.3, 0.4) is 0 Å². The summed E-state index contributed by atoms with van der Waals surface area (Å²) in [6.07, 6.45) is 0. The average Bonchev–Trinajstić information content (AvgIpc) is 2.43. The SMILES string of the molecule is CC(C)(N)C(=O)NCC(C)(C)c1ccc2c(c1)OCCO2. The van der Waals surface area contributed by atoms with Gasteiger partial charge in [-0.15, -0.1) is 0 Å². The van der Waals surface area contributed by atoms with E-state index in [1.807, 2.05) is 18.2 Å². The summed E-state index contributed by atoms with van der Waals surface area (Å²) in [4.78, 5) is 11.9. The molecule has 5 heteroatoms. The molecule has 0 radical (unpaired) electrons. The van der Waals surface area contributed by atoms with E-state index < -0.39 is 5.54 Å². The number of hydrogen-bond acceptors (Lipinski definition) is 4. The van der Waals surface area contributed by atoms with Gasteiger partial charge in [0.05, 0.1) is 5.54 Å². The lowest BCUT2D eigenvalue weighted by Crippen LogP contribution is -2.51. The average molecular weight is 292 g/mol. The van der Waals surface area contributed by atoms with Crippen LogP contribution in [0.1, 0.15) is 33.3 Å². The highest BCUT2D eigenvalue weighted by atomic mass is 16.6. The molecule has 1 aliphatic rings. The van der Waals surface area contributed by atoms with E-state index in [4.69, 9.17) is 15.2 Å². The van der Waals surface area contributed by atoms with Crippen LogP contribution in [0.4, 0.5) is 0 Å². The smallest absolute Gasteiger partial charge is 0.239 e. The van der Waals surface area contributed by atoms with E-state index in [0.717, 1.165) is 17.1 Å². The maximum absolute atomic E-state index is 11.9. The zero-order chi connectivity index (χ0) is 15.7. The van der Waals surface area contributed by atoms with Gasteiger partial charge in [0, 0.05) is 12.0 Å². The molecule has 21 heavy (non-hydrogen) atoms. The van der Waals surface area contributed by atoms with Crippen LogP contribution >= 0.6 is 0 Å². The van der Waals surface area contributed by atoms with Gasteiger partial charge >= 0.3 is 0 Å². The minimum atomic E-state index is -0.872. The van der Waals surface area contributed by atoms with Crippen LogP contribution in [0.2, 0.25) is 0 Å². The van der Waals surface area contributed by atoms with E-state index in [9.17, 15) is 4.79 Å². The Hall–Kier alpha value is -1.75. The van der Waals surface area contributed by atoms with Crippen molar-refractivity contribution in [3.8, 4) is 11.5 Å². The minimum Gasteiger partial charge on any atom is -0.486 e. The molecule has 1 amide bonds. The molecule has 116 valence electrons. The summed E-state index contributed by atoms with van der Waals surface area (Å²) < 4.78 is 11.1. The predicted molar refractivity (Wildman–Crippen MR) is 81.7 cm³/mol. The molecule has 1 aromatic carbocycles. The normalized spacial score (nSPS) is 14.7. The van der Waals surface area contributed by atoms with Crippen molar-refractivity contribution < 1.29 is 14.3 Å². The number of rotatable bonds is 4. The van der Waals surface area contributed by atoms with Crippen LogP contribution in [-0.4, -0.2) is 31.2 Å². The first-order valence-corrected chi connectivity index (χ1v) is 7.17. The first kappa shape index (κ1) is 15.6. The van der Waals surface area contributed by atoms with Crippen molar-refractivity contribution in [3.05, 3.63) is 23.8 Å². The second-order valence-electron chi connectivity index (χ2n) is 6.65. The highest BCUT2D eigenvalue weighted by Crippen LogP contribution is 2.34. The summed E-state index contributed by atoms with van der Waals surface area (Å²) in [5, 5.41) is 2.91. The Kier molecular flexibility index (Phi) is 4.14. The summed E-state index contributed by atoms with van der Waals surface area (Å²) in [5.74, 6) is 1.37. The number of benzene rings is 1. The molecule has 0 aromatic heterocycles. The molecule has 1 heterocycles. The third kappa shape index (κ3) is 3.67. The Morgan fingerprint density at radius 3 is 2.43 bits per heavy atom. The lowest BCUT2D eigenvalue weighted by Gasteiger charge is -2.29. The zero-order valence-electron chi connectivity index (χ0n) is 13.2. The summed E-state index contributed by atoms with van der Waals surface area (Å²) >= 11 is 0. The number of ether oxygens (including phenoxy) is 2. The van der Waals surface area contributed by atoms with Gasteiger partial charge in [0.25, 0.3) is 0 Å². The Balaban J connectivity index is 2.10. The standard InChI is InChI=1S/C16H24N2O3/c1-15(2,10-18-14(19)16(3,4)17)11-5-6-12-13(9-11)21-8-7-20-12/h5-6,9H,7-8,10,17H2,1-4H3,(H,18,19). The second kappa shape index (κ2) is 5.56. The van der Waals surface area contributed by atoms with Gasteiger partial charge < -0.3 is 20.5 Å². The molecule has 3 N–H and O–H groups in total. The fourth-order valence-corrected chi connectivity index (χ4v) is 2.10. The number of nitrogens with one attached hydrogen (secondary N) is 1. The Bertz CT molecular complexity index is 533. The third-order valence-electron chi connectivity index (χ3n) is 3.60. The van der Waals surface area contributed by atoms with Crippen LogP contribution < -0.4 is 20.5 Å². The number of carbonyl (C=O) groups is 1. The maximum Gasteiger partial charge on any atom is 0.239 e. The van der Waals surface area contributed by atoms with E-state index in [2.05, 4.69) is 19.2 Å². The monoisotopic (exact) mass is 292 g/mol. The molecule has 1 aliphatic heterocycles. The molecule has 0 aliphatic carbocycles. The number of carbonyl (C=O) groups excluding carboxylic acids is 1. The molecule has 0 atom stereocenters. The van der Waals surface area contributed by atoms with Crippen molar-refractivity contribution in [1.82, 2.24) is 5.32 Å². The number of amides is 1. The molecule has 5 nitrogen and oxygen atoms in total. The number of fused-ring (bicyclic) bond motifs is 1. The molecule has 0 fully saturated rings. The van der Waals surface area contributed by atoms with Crippen molar-refractivity contribution >= 4 is 5.91 Å². The van der Waals surface area contributed by atoms with Crippen molar-refractivity contribution in [2.75, 3.05) is 19.8 Å². The summed E-state index contributed by atoms with van der Waals surface area (Å²) in [6.45, 7) is 9.18. The Labute approximate surface area is 125 Å². The molecule has 0 unspecified atom stereocenters. The number of nitrogens with two attached hydrogens (primary N) is 1. The van der Waals surface area contributed by atoms with E-state index in [0.29, 0.717) is 19.8 Å². The fraction of sp³-hybridized carbons (Fsp3) is 0.562. The van der Waals surface area contributed by atoms with Gasteiger partial charge in [0.15, 0.2) is 11.5 Å². The molecule has 0 bridgehead atoms. The maximum atomic E-state index is 11.9. The number of hydrogen-bond donors (Lipinski definition) is 2. The molecular formula is C16H24N2O3. The summed E-state index contributed by atoms with van der Waals surface area (Å²) in [6, 6.07) is 5.90. The summed E-state index contributed by atoms with van der Waals surface area (Å²) in [5.41, 5.74) is 5.78. The van der Waals surface area contributed by atoms with Gasteiger partial charge in [-0.1, -0.05) is 19.9 Å². The van der Waals surface area contributed by atoms with Gasteiger partial charge in [-0.2, -0.15) is 0 Å². The molecule has 2 rings (SSSR count). The van der Waals surface area contributed by atoms with E-state index in [1.54, 1.807) is 13.8 Å². The summed E-state index contributed by atoms with van der Waals surface area (Å²) in [7, 11) is 0. The van der Waals surface area contributed by atoms with E-state index >= 15 is 0 Å². The minimum absolute atomic E-state index is 0.159. The van der Waals surface area contributed by atoms with Crippen molar-refractivity contribution in [2.24, 2.45) is 5.73 Å². The van der Waals surface area contributed by atoms with E-state index in [1.165, 1.54) is 0 Å². The topological polar surface area (TPSA) is 73.6 Å². The van der Waals surface area contributed by atoms with Crippen molar-refractivity contribution in [2.45, 2.75) is 38.6 Å². The van der Waals surface area contributed by atoms with Crippen molar-refractivity contribution in [3.63, 3.8) is 0 Å². The Morgan fingerprint density at radius 1 is 1.19 bits per heavy atom. The predicted octanol–water partition coefficient (Wildman–Crippen LogP) is 1.59. The van der Waals surface area contributed by atoms with Gasteiger partial charge in [-0.3, -0.25) is 4.79 Å². The Morgan fingerprint density at radius 2 is 1.81 bits per heavy atom. The van der Waals surface area contributed by atoms with Crippen molar-refractivity contribution in [1.29, 1.82) is 0 Å². The molecule has 0 spiro atoms. The lowest BCUT2D eigenvalue weighted by molar-refractivity contribution is -0.125. The fourth-order valence-electron chi connectivity index (χ4n) is 2.10. The van der Waals surface area contributed by atoms with E-state index in [-0.39, 0.29) is 11.3 Å². The molecule has 0 saturated heterocycles. The van der Waals surface area contributed by atoms with Crippen LogP contribution in [0.25, 0.3) is 0 Å². The molecular weight excluding hydrogens is 268 g/mol.